The average Bonchev–Trinajstić information content (AvgIpc) is 2.72. The van der Waals surface area contributed by atoms with Gasteiger partial charge in [0, 0.05) is 18.7 Å². The largest absolute Gasteiger partial charge is 0.454 e. The van der Waals surface area contributed by atoms with Crippen LogP contribution in [0.15, 0.2) is 41.3 Å². The Morgan fingerprint density at radius 2 is 1.57 bits per heavy atom. The van der Waals surface area contributed by atoms with E-state index in [4.69, 9.17) is 9.47 Å². The number of nitrogens with zero attached hydrogens (tertiary/aromatic N) is 1. The van der Waals surface area contributed by atoms with Crippen molar-refractivity contribution < 1.29 is 27.5 Å². The van der Waals surface area contributed by atoms with Crippen molar-refractivity contribution in [3.8, 4) is 0 Å². The van der Waals surface area contributed by atoms with Gasteiger partial charge in [-0.15, -0.1) is 0 Å². The van der Waals surface area contributed by atoms with Crippen molar-refractivity contribution in [2.24, 2.45) is 0 Å². The van der Waals surface area contributed by atoms with Gasteiger partial charge in [-0.1, -0.05) is 17.7 Å². The van der Waals surface area contributed by atoms with Crippen LogP contribution >= 0.6 is 0 Å². The van der Waals surface area contributed by atoms with E-state index < -0.39 is 16.0 Å². The van der Waals surface area contributed by atoms with Gasteiger partial charge in [0.15, 0.2) is 6.61 Å². The van der Waals surface area contributed by atoms with Crippen LogP contribution in [0.2, 0.25) is 0 Å². The maximum absolute atomic E-state index is 12.6. The summed E-state index contributed by atoms with van der Waals surface area (Å²) in [5.74, 6) is -0.953. The van der Waals surface area contributed by atoms with Crippen LogP contribution in [-0.4, -0.2) is 57.4 Å². The summed E-state index contributed by atoms with van der Waals surface area (Å²) in [5.41, 5.74) is 3.48. The van der Waals surface area contributed by atoms with Crippen molar-refractivity contribution >= 4 is 21.8 Å². The fraction of sp³-hybridized carbons (Fsp3) is 0.364. The highest BCUT2D eigenvalue weighted by Gasteiger charge is 2.26. The fourth-order valence-corrected chi connectivity index (χ4v) is 5.01. The number of esters is 1. The van der Waals surface area contributed by atoms with Crippen molar-refractivity contribution in [3.63, 3.8) is 0 Å². The quantitative estimate of drug-likeness (QED) is 0.516. The molecular weight excluding hydrogens is 406 g/mol. The van der Waals surface area contributed by atoms with Crippen LogP contribution in [-0.2, 0) is 19.5 Å². The molecule has 1 aliphatic heterocycles. The highest BCUT2D eigenvalue weighted by atomic mass is 32.2. The third-order valence-corrected chi connectivity index (χ3v) is 6.90. The average molecular weight is 432 g/mol. The first-order valence-electron chi connectivity index (χ1n) is 9.66. The van der Waals surface area contributed by atoms with Crippen molar-refractivity contribution in [2.45, 2.75) is 25.7 Å². The number of ketones is 1. The van der Waals surface area contributed by atoms with Crippen molar-refractivity contribution in [1.82, 2.24) is 4.31 Å². The molecular formula is C22H25NO6S. The van der Waals surface area contributed by atoms with Gasteiger partial charge < -0.3 is 9.47 Å². The number of sulfonamides is 1. The number of benzene rings is 2. The Balaban J connectivity index is 1.66. The number of rotatable bonds is 6. The molecule has 0 atom stereocenters. The summed E-state index contributed by atoms with van der Waals surface area (Å²) in [6.07, 6.45) is 0. The van der Waals surface area contributed by atoms with Crippen molar-refractivity contribution in [3.05, 3.63) is 64.2 Å². The Hall–Kier alpha value is -2.55. The minimum atomic E-state index is -3.63. The van der Waals surface area contributed by atoms with Gasteiger partial charge in [0.2, 0.25) is 15.8 Å². The lowest BCUT2D eigenvalue weighted by atomic mass is 9.97. The predicted molar refractivity (Wildman–Crippen MR) is 111 cm³/mol. The smallest absolute Gasteiger partial charge is 0.338 e. The van der Waals surface area contributed by atoms with Crippen LogP contribution < -0.4 is 0 Å². The zero-order valence-corrected chi connectivity index (χ0v) is 18.1. The number of morpholine rings is 1. The van der Waals surface area contributed by atoms with E-state index in [2.05, 4.69) is 0 Å². The first kappa shape index (κ1) is 22.1. The van der Waals surface area contributed by atoms with Crippen LogP contribution in [0, 0.1) is 20.8 Å². The molecule has 8 heteroatoms. The summed E-state index contributed by atoms with van der Waals surface area (Å²) in [4.78, 5) is 24.9. The second-order valence-electron chi connectivity index (χ2n) is 7.31. The van der Waals surface area contributed by atoms with Crippen molar-refractivity contribution in [2.75, 3.05) is 32.9 Å². The first-order valence-corrected chi connectivity index (χ1v) is 11.1. The number of carbonyl (C=O) groups is 2. The highest BCUT2D eigenvalue weighted by molar-refractivity contribution is 7.89. The molecule has 0 N–H and O–H groups in total. The van der Waals surface area contributed by atoms with E-state index in [-0.39, 0.29) is 22.8 Å². The molecule has 7 nitrogen and oxygen atoms in total. The molecule has 0 radical (unpaired) electrons. The van der Waals surface area contributed by atoms with E-state index in [9.17, 15) is 18.0 Å². The van der Waals surface area contributed by atoms with Gasteiger partial charge in [0.1, 0.15) is 0 Å². The standard InChI is InChI=1S/C22H25NO6S/c1-15-12-16(2)21(17(3)13-15)20(24)14-29-22(25)18-4-6-19(7-5-18)30(26,27)23-8-10-28-11-9-23/h4-7,12-13H,8-11,14H2,1-3H3. The zero-order chi connectivity index (χ0) is 21.9. The van der Waals surface area contributed by atoms with Gasteiger partial charge >= 0.3 is 5.97 Å². The maximum atomic E-state index is 12.6. The Kier molecular flexibility index (Phi) is 6.70. The number of ether oxygens (including phenoxy) is 2. The molecule has 0 spiro atoms. The van der Waals surface area contributed by atoms with Crippen LogP contribution in [0.25, 0.3) is 0 Å². The number of hydrogen-bond acceptors (Lipinski definition) is 6. The summed E-state index contributed by atoms with van der Waals surface area (Å²) < 4.78 is 37.0. The molecule has 1 saturated heterocycles. The molecule has 0 unspecified atom stereocenters. The summed E-state index contributed by atoms with van der Waals surface area (Å²) in [7, 11) is -3.63. The van der Waals surface area contributed by atoms with Crippen LogP contribution in [0.4, 0.5) is 0 Å². The minimum Gasteiger partial charge on any atom is -0.454 e. The molecule has 1 fully saturated rings. The Labute approximate surface area is 176 Å². The summed E-state index contributed by atoms with van der Waals surface area (Å²) in [6.45, 7) is 6.59. The van der Waals surface area contributed by atoms with Crippen LogP contribution in [0.3, 0.4) is 0 Å². The van der Waals surface area contributed by atoms with Gasteiger partial charge in [-0.25, -0.2) is 13.2 Å². The molecule has 0 bridgehead atoms. The normalized spacial score (nSPS) is 15.0. The topological polar surface area (TPSA) is 90.0 Å². The molecule has 0 saturated carbocycles. The van der Waals surface area contributed by atoms with E-state index in [0.29, 0.717) is 31.9 Å². The molecule has 0 amide bonds. The van der Waals surface area contributed by atoms with Gasteiger partial charge in [-0.2, -0.15) is 4.31 Å². The zero-order valence-electron chi connectivity index (χ0n) is 17.3. The number of aryl methyl sites for hydroxylation is 3. The Bertz CT molecular complexity index is 1030. The number of hydrogen-bond donors (Lipinski definition) is 0. The predicted octanol–water partition coefficient (Wildman–Crippen LogP) is 2.67. The molecule has 0 aliphatic carbocycles. The molecule has 3 rings (SSSR count). The molecule has 2 aromatic carbocycles. The summed E-state index contributed by atoms with van der Waals surface area (Å²) >= 11 is 0. The van der Waals surface area contributed by atoms with Gasteiger partial charge in [0.25, 0.3) is 0 Å². The summed E-state index contributed by atoms with van der Waals surface area (Å²) in [6, 6.07) is 9.35. The Morgan fingerprint density at radius 3 is 2.13 bits per heavy atom. The lowest BCUT2D eigenvalue weighted by Crippen LogP contribution is -2.40. The Morgan fingerprint density at radius 1 is 1.00 bits per heavy atom. The SMILES string of the molecule is Cc1cc(C)c(C(=O)COC(=O)c2ccc(S(=O)(=O)N3CCOCC3)cc2)c(C)c1. The van der Waals surface area contributed by atoms with Gasteiger partial charge in [0.05, 0.1) is 23.7 Å². The van der Waals surface area contributed by atoms with E-state index >= 15 is 0 Å². The van der Waals surface area contributed by atoms with Gasteiger partial charge in [-0.05, 0) is 56.2 Å². The first-order chi connectivity index (χ1) is 14.2. The fourth-order valence-electron chi connectivity index (χ4n) is 3.61. The molecule has 2 aromatic rings. The van der Waals surface area contributed by atoms with Crippen LogP contribution in [0.1, 0.15) is 37.4 Å². The molecule has 30 heavy (non-hydrogen) atoms. The second kappa shape index (κ2) is 9.07. The lowest BCUT2D eigenvalue weighted by Gasteiger charge is -2.26. The maximum Gasteiger partial charge on any atom is 0.338 e. The molecule has 0 aromatic heterocycles. The third-order valence-electron chi connectivity index (χ3n) is 4.99. The van der Waals surface area contributed by atoms with E-state index in [1.807, 2.05) is 32.9 Å². The highest BCUT2D eigenvalue weighted by Crippen LogP contribution is 2.19. The monoisotopic (exact) mass is 431 g/mol. The lowest BCUT2D eigenvalue weighted by molar-refractivity contribution is 0.0474. The number of Topliss-reactive ketones (excluding diaryl/α,β-unsaturated/α-hetero) is 1. The van der Waals surface area contributed by atoms with Gasteiger partial charge in [-0.3, -0.25) is 4.79 Å². The molecule has 160 valence electrons. The minimum absolute atomic E-state index is 0.0999. The molecule has 1 aliphatic rings. The van der Waals surface area contributed by atoms with Crippen molar-refractivity contribution in [1.29, 1.82) is 0 Å². The van der Waals surface area contributed by atoms with E-state index in [0.717, 1.165) is 16.7 Å². The number of carbonyl (C=O) groups excluding carboxylic acids is 2. The summed E-state index contributed by atoms with van der Waals surface area (Å²) in [5, 5.41) is 0. The van der Waals surface area contributed by atoms with Crippen LogP contribution in [0.5, 0.6) is 0 Å². The molecule has 1 heterocycles. The third kappa shape index (κ3) is 4.77. The second-order valence-corrected chi connectivity index (χ2v) is 9.25. The van der Waals surface area contributed by atoms with E-state index in [1.54, 1.807) is 0 Å². The van der Waals surface area contributed by atoms with E-state index in [1.165, 1.54) is 28.6 Å².